The van der Waals surface area contributed by atoms with Crippen molar-refractivity contribution in [3.8, 4) is 35.7 Å². The summed E-state index contributed by atoms with van der Waals surface area (Å²) < 4.78 is 0. The van der Waals surface area contributed by atoms with E-state index in [2.05, 4.69) is 95.5 Å². The van der Waals surface area contributed by atoms with Gasteiger partial charge in [0.1, 0.15) is 43.0 Å². The number of allylic oxidation sites excluding steroid dienone is 4. The molecular formula is C38H50N4S2Si2. The van der Waals surface area contributed by atoms with E-state index in [0.29, 0.717) is 5.57 Å². The van der Waals surface area contributed by atoms with Crippen molar-refractivity contribution in [1.82, 2.24) is 0 Å². The van der Waals surface area contributed by atoms with Gasteiger partial charge in [0, 0.05) is 20.2 Å². The van der Waals surface area contributed by atoms with Gasteiger partial charge in [0.25, 0.3) is 0 Å². The smallest absolute Gasteiger partial charge is 0.138 e. The second-order valence-corrected chi connectivity index (χ2v) is 27.2. The van der Waals surface area contributed by atoms with Crippen LogP contribution in [-0.2, 0) is 12.8 Å². The highest BCUT2D eigenvalue weighted by atomic mass is 32.1. The fourth-order valence-electron chi connectivity index (χ4n) is 6.62. The lowest BCUT2D eigenvalue weighted by molar-refractivity contribution is 0.820. The molecule has 0 unspecified atom stereocenters. The van der Waals surface area contributed by atoms with Crippen molar-refractivity contribution in [2.75, 3.05) is 0 Å². The lowest BCUT2D eigenvalue weighted by Gasteiger charge is -2.48. The molecule has 0 aliphatic heterocycles. The molecule has 0 atom stereocenters. The van der Waals surface area contributed by atoms with Crippen LogP contribution in [-0.4, -0.2) is 15.2 Å². The Labute approximate surface area is 288 Å². The fourth-order valence-corrected chi connectivity index (χ4v) is 29.0. The van der Waals surface area contributed by atoms with Crippen LogP contribution in [0.3, 0.4) is 0 Å². The molecule has 0 bridgehead atoms. The highest BCUT2D eigenvalue weighted by molar-refractivity contribution is 7.48. The van der Waals surface area contributed by atoms with Gasteiger partial charge in [-0.25, -0.2) is 0 Å². The fraction of sp³-hybridized carbons (Fsp3) is 0.526. The third kappa shape index (κ3) is 9.22. The van der Waals surface area contributed by atoms with Crippen molar-refractivity contribution in [2.45, 2.75) is 130 Å². The molecule has 8 heteroatoms. The monoisotopic (exact) mass is 682 g/mol. The van der Waals surface area contributed by atoms with E-state index in [1.165, 1.54) is 4.88 Å². The first kappa shape index (κ1) is 39.0. The zero-order valence-corrected chi connectivity index (χ0v) is 32.4. The van der Waals surface area contributed by atoms with Crippen molar-refractivity contribution in [2.24, 2.45) is 0 Å². The first-order valence-corrected chi connectivity index (χ1v) is 24.6. The van der Waals surface area contributed by atoms with Crippen molar-refractivity contribution in [3.05, 3.63) is 60.1 Å². The molecular weight excluding hydrogens is 633 g/mol. The Kier molecular flexibility index (Phi) is 17.1. The quantitative estimate of drug-likeness (QED) is 0.0676. The Morgan fingerprint density at radius 3 is 1.52 bits per heavy atom. The van der Waals surface area contributed by atoms with Crippen LogP contribution in [0.25, 0.3) is 5.57 Å². The number of thiophene rings is 2. The zero-order chi connectivity index (χ0) is 34.0. The van der Waals surface area contributed by atoms with Crippen molar-refractivity contribution < 1.29 is 0 Å². The second-order valence-electron chi connectivity index (χ2n) is 12.0. The number of aryl methyl sites for hydroxylation is 2. The topological polar surface area (TPSA) is 95.2 Å². The standard InChI is InChI=1S/C38H50N4S2Si2/c1-7-13-22-45(23-14-8-2,26-21-35-18-17-33(11-5)43-35)46(24-15-9-3,25-16-10-4)38(32(29-41)30-42)37(31(27-39)28-40)36-20-19-34(12-6)44-36/h17-20H,7-16,22-25H2,1-6H3. The van der Waals surface area contributed by atoms with Crippen molar-refractivity contribution in [3.63, 3.8) is 0 Å². The Bertz CT molecular complexity index is 1540. The molecule has 2 heterocycles. The average molecular weight is 683 g/mol. The summed E-state index contributed by atoms with van der Waals surface area (Å²) in [6, 6.07) is 21.4. The molecule has 0 aliphatic rings. The second kappa shape index (κ2) is 20.2. The first-order chi connectivity index (χ1) is 22.3. The van der Waals surface area contributed by atoms with E-state index in [1.54, 1.807) is 22.7 Å². The molecule has 2 aromatic heterocycles. The summed E-state index contributed by atoms with van der Waals surface area (Å²) in [4.78, 5) is 4.37. The van der Waals surface area contributed by atoms with Gasteiger partial charge in [0.15, 0.2) is 0 Å². The highest BCUT2D eigenvalue weighted by Gasteiger charge is 2.57. The maximum absolute atomic E-state index is 10.7. The van der Waals surface area contributed by atoms with Gasteiger partial charge in [-0.1, -0.05) is 111 Å². The van der Waals surface area contributed by atoms with Gasteiger partial charge < -0.3 is 0 Å². The predicted molar refractivity (Wildman–Crippen MR) is 201 cm³/mol. The van der Waals surface area contributed by atoms with E-state index in [4.69, 9.17) is 0 Å². The number of hydrogen-bond acceptors (Lipinski definition) is 6. The molecule has 2 rings (SSSR count). The summed E-state index contributed by atoms with van der Waals surface area (Å²) in [5, 5.41) is 43.2. The third-order valence-electron chi connectivity index (χ3n) is 9.11. The van der Waals surface area contributed by atoms with Crippen molar-refractivity contribution >= 4 is 43.4 Å². The highest BCUT2D eigenvalue weighted by Crippen LogP contribution is 2.50. The first-order valence-electron chi connectivity index (χ1n) is 17.1. The molecule has 242 valence electrons. The van der Waals surface area contributed by atoms with E-state index in [1.807, 2.05) is 6.07 Å². The molecule has 0 saturated carbocycles. The molecule has 0 aliphatic carbocycles. The summed E-state index contributed by atoms with van der Waals surface area (Å²) in [5.41, 5.74) is 4.79. The van der Waals surface area contributed by atoms with E-state index >= 15 is 0 Å². The summed E-state index contributed by atoms with van der Waals surface area (Å²) in [6.45, 7) is 13.2. The molecule has 0 saturated heterocycles. The van der Waals surface area contributed by atoms with E-state index in [-0.39, 0.29) is 11.1 Å². The van der Waals surface area contributed by atoms with Crippen LogP contribution in [0.2, 0.25) is 24.2 Å². The van der Waals surface area contributed by atoms with Crippen LogP contribution in [0.15, 0.2) is 40.6 Å². The van der Waals surface area contributed by atoms with Crippen LogP contribution in [0.1, 0.15) is 112 Å². The van der Waals surface area contributed by atoms with Gasteiger partial charge in [-0.3, -0.25) is 0 Å². The Hall–Kier alpha value is -3.17. The SMILES string of the molecule is CCCC[Si](C#Cc1ccc(CC)s1)(CCCC)[Si](CCCC)(CCCC)C(=C(C#N)C#N)C(=C(C#N)C#N)c1ccc(CC)s1. The van der Waals surface area contributed by atoms with Crippen molar-refractivity contribution in [1.29, 1.82) is 21.0 Å². The third-order valence-corrected chi connectivity index (χ3v) is 29.8. The van der Waals surface area contributed by atoms with Crippen LogP contribution >= 0.6 is 22.7 Å². The minimum Gasteiger partial charge on any atom is -0.192 e. The lowest BCUT2D eigenvalue weighted by Crippen LogP contribution is -2.64. The predicted octanol–water partition coefficient (Wildman–Crippen LogP) is 11.4. The number of hydrogen-bond donors (Lipinski definition) is 0. The van der Waals surface area contributed by atoms with E-state index in [9.17, 15) is 21.0 Å². The Morgan fingerprint density at radius 1 is 0.609 bits per heavy atom. The Balaban J connectivity index is 3.33. The summed E-state index contributed by atoms with van der Waals surface area (Å²) in [7, 11) is -5.50. The minimum absolute atomic E-state index is 0.0139. The molecule has 2 aromatic rings. The van der Waals surface area contributed by atoms with Crippen LogP contribution < -0.4 is 0 Å². The molecule has 0 fully saturated rings. The molecule has 46 heavy (non-hydrogen) atoms. The number of rotatable bonds is 18. The maximum Gasteiger partial charge on any atom is 0.138 e. The molecule has 4 nitrogen and oxygen atoms in total. The minimum atomic E-state index is -2.87. The summed E-state index contributed by atoms with van der Waals surface area (Å²) in [5.74, 6) is 3.73. The van der Waals surface area contributed by atoms with Crippen LogP contribution in [0.5, 0.6) is 0 Å². The largest absolute Gasteiger partial charge is 0.192 e. The number of nitrogens with zero attached hydrogens (tertiary/aromatic N) is 4. The lowest BCUT2D eigenvalue weighted by atomic mass is 10.0. The van der Waals surface area contributed by atoms with Gasteiger partial charge in [-0.15, -0.1) is 28.2 Å². The Morgan fingerprint density at radius 2 is 1.09 bits per heavy atom. The number of nitriles is 4. The zero-order valence-electron chi connectivity index (χ0n) is 28.8. The average Bonchev–Trinajstić information content (AvgIpc) is 3.76. The van der Waals surface area contributed by atoms with Crippen LogP contribution in [0.4, 0.5) is 0 Å². The molecule has 0 radical (unpaired) electrons. The van der Waals surface area contributed by atoms with E-state index < -0.39 is 15.2 Å². The van der Waals surface area contributed by atoms with Gasteiger partial charge in [-0.05, 0) is 54.4 Å². The summed E-state index contributed by atoms with van der Waals surface area (Å²) in [6.07, 6.45) is 9.94. The number of unbranched alkanes of at least 4 members (excludes halogenated alkanes) is 4. The van der Waals surface area contributed by atoms with Gasteiger partial charge in [0.2, 0.25) is 0 Å². The summed E-state index contributed by atoms with van der Waals surface area (Å²) >= 11 is 3.35. The normalized spacial score (nSPS) is 10.9. The molecule has 0 aromatic carbocycles. The van der Waals surface area contributed by atoms with Gasteiger partial charge in [0.05, 0.1) is 12.5 Å². The molecule has 0 N–H and O–H groups in total. The molecule has 0 amide bonds. The van der Waals surface area contributed by atoms with E-state index in [0.717, 1.165) is 108 Å². The maximum atomic E-state index is 10.7. The van der Waals surface area contributed by atoms with Crippen LogP contribution in [0, 0.1) is 56.8 Å². The van der Waals surface area contributed by atoms with Gasteiger partial charge in [-0.2, -0.15) is 21.0 Å². The van der Waals surface area contributed by atoms with Gasteiger partial charge >= 0.3 is 0 Å². The molecule has 0 spiro atoms.